The van der Waals surface area contributed by atoms with Crippen LogP contribution in [0.5, 0.6) is 0 Å². The molecule has 5 nitrogen and oxygen atoms in total. The zero-order valence-electron chi connectivity index (χ0n) is 17.7. The summed E-state index contributed by atoms with van der Waals surface area (Å²) in [5, 5.41) is 2.94. The Morgan fingerprint density at radius 2 is 1.80 bits per heavy atom. The number of amides is 1. The van der Waals surface area contributed by atoms with Crippen molar-refractivity contribution in [2.75, 3.05) is 5.75 Å². The van der Waals surface area contributed by atoms with Crippen LogP contribution in [-0.4, -0.2) is 26.9 Å². The van der Waals surface area contributed by atoms with Gasteiger partial charge in [0.25, 0.3) is 0 Å². The maximum Gasteiger partial charge on any atom is 0.232 e. The zero-order valence-corrected chi connectivity index (χ0v) is 18.5. The van der Waals surface area contributed by atoms with Crippen LogP contribution in [0, 0.1) is 13.8 Å². The molecule has 2 atom stereocenters. The minimum Gasteiger partial charge on any atom is -0.441 e. The minimum atomic E-state index is -1.35. The Morgan fingerprint density at radius 1 is 1.10 bits per heavy atom. The molecule has 6 heteroatoms. The fraction of sp³-hybridized carbons (Fsp3) is 0.333. The number of nitrogens with one attached hydrogen (secondary N) is 1. The molecule has 0 aliphatic carbocycles. The molecule has 0 saturated heterocycles. The molecule has 2 unspecified atom stereocenters. The fourth-order valence-corrected chi connectivity index (χ4v) is 4.20. The molecule has 30 heavy (non-hydrogen) atoms. The van der Waals surface area contributed by atoms with E-state index in [-0.39, 0.29) is 23.5 Å². The van der Waals surface area contributed by atoms with Crippen LogP contribution in [0.25, 0.3) is 11.5 Å². The molecular formula is C24H28N2O3S. The van der Waals surface area contributed by atoms with E-state index in [2.05, 4.69) is 22.4 Å². The van der Waals surface area contributed by atoms with E-state index in [1.54, 1.807) is 0 Å². The van der Waals surface area contributed by atoms with Gasteiger partial charge in [-0.25, -0.2) is 4.98 Å². The fourth-order valence-electron chi connectivity index (χ4n) is 3.15. The second-order valence-corrected chi connectivity index (χ2v) is 9.07. The molecule has 0 aliphatic heterocycles. The molecule has 1 amide bonds. The van der Waals surface area contributed by atoms with Gasteiger partial charge in [-0.15, -0.1) is 0 Å². The van der Waals surface area contributed by atoms with Crippen molar-refractivity contribution >= 4 is 16.7 Å². The quantitative estimate of drug-likeness (QED) is 0.554. The summed E-state index contributed by atoms with van der Waals surface area (Å²) in [6.07, 6.45) is 1.73. The van der Waals surface area contributed by atoms with Crippen molar-refractivity contribution in [2.45, 2.75) is 45.4 Å². The topological polar surface area (TPSA) is 72.2 Å². The molecule has 0 bridgehead atoms. The first-order chi connectivity index (χ1) is 14.4. The first kappa shape index (κ1) is 22.0. The summed E-state index contributed by atoms with van der Waals surface area (Å²) in [7, 11) is -1.35. The summed E-state index contributed by atoms with van der Waals surface area (Å²) in [6, 6.07) is 18.1. The van der Waals surface area contributed by atoms with E-state index in [1.807, 2.05) is 63.2 Å². The highest BCUT2D eigenvalue weighted by Crippen LogP contribution is 2.22. The van der Waals surface area contributed by atoms with Crippen molar-refractivity contribution in [3.05, 3.63) is 77.2 Å². The van der Waals surface area contributed by atoms with Crippen molar-refractivity contribution in [1.29, 1.82) is 0 Å². The average molecular weight is 425 g/mol. The van der Waals surface area contributed by atoms with Gasteiger partial charge in [0, 0.05) is 22.4 Å². The molecule has 0 aliphatic rings. The van der Waals surface area contributed by atoms with E-state index < -0.39 is 10.8 Å². The van der Waals surface area contributed by atoms with Crippen LogP contribution >= 0.6 is 0 Å². The SMILES string of the molecule is Cc1ccc(-c2nc(CS(=O)CC(=O)NC(C)CCc3ccccc3)c(C)o2)cc1. The summed E-state index contributed by atoms with van der Waals surface area (Å²) in [5.41, 5.74) is 3.92. The van der Waals surface area contributed by atoms with Gasteiger partial charge in [-0.2, -0.15) is 0 Å². The van der Waals surface area contributed by atoms with Gasteiger partial charge in [0.1, 0.15) is 11.5 Å². The molecule has 0 radical (unpaired) electrons. The normalized spacial score (nSPS) is 13.0. The van der Waals surface area contributed by atoms with Gasteiger partial charge in [-0.1, -0.05) is 48.0 Å². The molecule has 1 heterocycles. The highest BCUT2D eigenvalue weighted by Gasteiger charge is 2.17. The van der Waals surface area contributed by atoms with E-state index in [0.29, 0.717) is 17.3 Å². The highest BCUT2D eigenvalue weighted by molar-refractivity contribution is 7.84. The van der Waals surface area contributed by atoms with Gasteiger partial charge in [0.2, 0.25) is 11.8 Å². The number of hydrogen-bond acceptors (Lipinski definition) is 4. The minimum absolute atomic E-state index is 0.0247. The Morgan fingerprint density at radius 3 is 2.50 bits per heavy atom. The van der Waals surface area contributed by atoms with Crippen molar-refractivity contribution in [1.82, 2.24) is 10.3 Å². The van der Waals surface area contributed by atoms with E-state index >= 15 is 0 Å². The van der Waals surface area contributed by atoms with Crippen molar-refractivity contribution in [3.63, 3.8) is 0 Å². The Hall–Kier alpha value is -2.73. The summed E-state index contributed by atoms with van der Waals surface area (Å²) in [6.45, 7) is 5.80. The van der Waals surface area contributed by atoms with Gasteiger partial charge in [-0.3, -0.25) is 9.00 Å². The molecule has 2 aromatic carbocycles. The van der Waals surface area contributed by atoms with Gasteiger partial charge in [0.05, 0.1) is 11.4 Å². The molecule has 3 rings (SSSR count). The molecular weight excluding hydrogens is 396 g/mol. The zero-order chi connectivity index (χ0) is 21.5. The highest BCUT2D eigenvalue weighted by atomic mass is 32.2. The van der Waals surface area contributed by atoms with Gasteiger partial charge in [0.15, 0.2) is 0 Å². The lowest BCUT2D eigenvalue weighted by atomic mass is 10.1. The van der Waals surface area contributed by atoms with Crippen molar-refractivity contribution < 1.29 is 13.4 Å². The van der Waals surface area contributed by atoms with E-state index in [1.165, 1.54) is 5.56 Å². The molecule has 0 fully saturated rings. The number of benzene rings is 2. The number of aryl methyl sites for hydroxylation is 3. The monoisotopic (exact) mass is 424 g/mol. The lowest BCUT2D eigenvalue weighted by Crippen LogP contribution is -2.36. The van der Waals surface area contributed by atoms with Crippen LogP contribution < -0.4 is 5.32 Å². The predicted molar refractivity (Wildman–Crippen MR) is 120 cm³/mol. The summed E-state index contributed by atoms with van der Waals surface area (Å²) < 4.78 is 18.2. The lowest BCUT2D eigenvalue weighted by molar-refractivity contribution is -0.119. The van der Waals surface area contributed by atoms with Crippen LogP contribution in [-0.2, 0) is 27.8 Å². The summed E-state index contributed by atoms with van der Waals surface area (Å²) in [4.78, 5) is 16.8. The van der Waals surface area contributed by atoms with Crippen LogP contribution in [0.2, 0.25) is 0 Å². The smallest absolute Gasteiger partial charge is 0.232 e. The van der Waals surface area contributed by atoms with Crippen LogP contribution in [0.3, 0.4) is 0 Å². The van der Waals surface area contributed by atoms with Crippen LogP contribution in [0.15, 0.2) is 59.0 Å². The van der Waals surface area contributed by atoms with Gasteiger partial charge < -0.3 is 9.73 Å². The third kappa shape index (κ3) is 6.39. The summed E-state index contributed by atoms with van der Waals surface area (Å²) >= 11 is 0. The second kappa shape index (κ2) is 10.3. The molecule has 0 saturated carbocycles. The maximum absolute atomic E-state index is 12.5. The molecule has 1 aromatic heterocycles. The number of hydrogen-bond donors (Lipinski definition) is 1. The van der Waals surface area contributed by atoms with Crippen LogP contribution in [0.1, 0.15) is 35.9 Å². The number of oxazole rings is 1. The first-order valence-corrected chi connectivity index (χ1v) is 11.6. The van der Waals surface area contributed by atoms with Crippen molar-refractivity contribution in [3.8, 4) is 11.5 Å². The third-order valence-electron chi connectivity index (χ3n) is 4.90. The number of aromatic nitrogens is 1. The lowest BCUT2D eigenvalue weighted by Gasteiger charge is -2.13. The van der Waals surface area contributed by atoms with Crippen LogP contribution in [0.4, 0.5) is 0 Å². The van der Waals surface area contributed by atoms with Gasteiger partial charge in [-0.05, 0) is 51.3 Å². The molecule has 1 N–H and O–H groups in total. The standard InChI is InChI=1S/C24H28N2O3S/c1-17-9-13-21(14-10-17)24-26-22(19(3)29-24)15-30(28)16-23(27)25-18(2)11-12-20-7-5-4-6-8-20/h4-10,13-14,18H,11-12,15-16H2,1-3H3,(H,25,27). The second-order valence-electron chi connectivity index (χ2n) is 7.61. The Balaban J connectivity index is 1.49. The Kier molecular flexibility index (Phi) is 7.57. The number of nitrogens with zero attached hydrogens (tertiary/aromatic N) is 1. The maximum atomic E-state index is 12.5. The molecule has 158 valence electrons. The molecule has 3 aromatic rings. The average Bonchev–Trinajstić information content (AvgIpc) is 3.07. The third-order valence-corrected chi connectivity index (χ3v) is 6.08. The summed E-state index contributed by atoms with van der Waals surface area (Å²) in [5.74, 6) is 1.11. The Bertz CT molecular complexity index is 997. The van der Waals surface area contributed by atoms with Crippen molar-refractivity contribution in [2.24, 2.45) is 0 Å². The van der Waals surface area contributed by atoms with E-state index in [4.69, 9.17) is 4.42 Å². The first-order valence-electron chi connectivity index (χ1n) is 10.1. The van der Waals surface area contributed by atoms with E-state index in [0.717, 1.165) is 24.0 Å². The predicted octanol–water partition coefficient (Wildman–Crippen LogP) is 4.34. The Labute approximate surface area is 180 Å². The number of carbonyl (C=O) groups is 1. The largest absolute Gasteiger partial charge is 0.441 e. The number of carbonyl (C=O) groups excluding carboxylic acids is 1. The van der Waals surface area contributed by atoms with Gasteiger partial charge >= 0.3 is 0 Å². The van der Waals surface area contributed by atoms with E-state index in [9.17, 15) is 9.00 Å². The number of rotatable bonds is 9. The molecule has 0 spiro atoms.